The highest BCUT2D eigenvalue weighted by Crippen LogP contribution is 2.37. The van der Waals surface area contributed by atoms with Crippen LogP contribution in [-0.4, -0.2) is 48.0 Å². The van der Waals surface area contributed by atoms with Crippen LogP contribution in [0.4, 0.5) is 11.4 Å². The fourth-order valence-corrected chi connectivity index (χ4v) is 3.89. The third-order valence-corrected chi connectivity index (χ3v) is 5.25. The molecule has 2 aliphatic rings. The minimum atomic E-state index is -0.313. The number of fused-ring (bicyclic) bond motifs is 2. The number of likely N-dealkylation sites (N-methyl/N-ethyl adjacent to an activating group) is 1. The van der Waals surface area contributed by atoms with Crippen molar-refractivity contribution in [1.82, 2.24) is 9.88 Å². The van der Waals surface area contributed by atoms with E-state index in [4.69, 9.17) is 4.98 Å². The topological polar surface area (TPSA) is 62.5 Å². The van der Waals surface area contributed by atoms with Crippen molar-refractivity contribution in [3.05, 3.63) is 39.6 Å². The molecule has 6 heteroatoms. The maximum atomic E-state index is 11.2. The summed E-state index contributed by atoms with van der Waals surface area (Å²) in [7, 11) is 2.14. The molecule has 0 amide bonds. The largest absolute Gasteiger partial charge is 0.368 e. The Kier molecular flexibility index (Phi) is 3.84. The first-order valence-electron chi connectivity index (χ1n) is 8.67. The number of hydrogen-bond donors (Lipinski definition) is 0. The minimum absolute atomic E-state index is 0.149. The van der Waals surface area contributed by atoms with E-state index in [1.54, 1.807) is 12.1 Å². The highest BCUT2D eigenvalue weighted by atomic mass is 16.6. The van der Waals surface area contributed by atoms with Crippen molar-refractivity contribution < 1.29 is 4.92 Å². The first-order chi connectivity index (χ1) is 11.6. The number of pyridine rings is 1. The molecule has 1 aliphatic heterocycles. The number of nitrogens with zero attached hydrogens (tertiary/aromatic N) is 4. The Morgan fingerprint density at radius 1 is 1.12 bits per heavy atom. The van der Waals surface area contributed by atoms with E-state index in [0.29, 0.717) is 0 Å². The molecule has 6 nitrogen and oxygen atoms in total. The summed E-state index contributed by atoms with van der Waals surface area (Å²) in [5.41, 5.74) is 4.74. The Balaban J connectivity index is 1.92. The van der Waals surface area contributed by atoms with E-state index < -0.39 is 0 Å². The third-order valence-electron chi connectivity index (χ3n) is 5.25. The number of benzene rings is 1. The van der Waals surface area contributed by atoms with E-state index in [1.165, 1.54) is 29.8 Å². The molecule has 0 N–H and O–H groups in total. The smallest absolute Gasteiger partial charge is 0.270 e. The van der Waals surface area contributed by atoms with Gasteiger partial charge in [0.05, 0.1) is 16.1 Å². The molecule has 2 aromatic rings. The van der Waals surface area contributed by atoms with E-state index in [9.17, 15) is 10.1 Å². The van der Waals surface area contributed by atoms with Gasteiger partial charge in [0.25, 0.3) is 5.69 Å². The molecule has 1 saturated heterocycles. The lowest BCUT2D eigenvalue weighted by molar-refractivity contribution is -0.384. The molecule has 1 aromatic carbocycles. The third kappa shape index (κ3) is 2.60. The molecule has 1 fully saturated rings. The first kappa shape index (κ1) is 15.3. The molecule has 0 spiro atoms. The summed E-state index contributed by atoms with van der Waals surface area (Å²) in [5, 5.41) is 12.2. The lowest BCUT2D eigenvalue weighted by Gasteiger charge is -2.37. The maximum absolute atomic E-state index is 11.2. The van der Waals surface area contributed by atoms with Crippen molar-refractivity contribution >= 4 is 22.3 Å². The number of hydrogen-bond acceptors (Lipinski definition) is 5. The second-order valence-electron chi connectivity index (χ2n) is 6.84. The standard InChI is InChI=1S/C18H22N4O2/c1-20-8-10-21(11-9-20)18-14-4-2-3-5-16(14)19-17-7-6-13(22(23)24)12-15(17)18/h6-7,12H,2-5,8-11H2,1H3. The predicted molar refractivity (Wildman–Crippen MR) is 94.7 cm³/mol. The Hall–Kier alpha value is -2.21. The fourth-order valence-electron chi connectivity index (χ4n) is 3.89. The Morgan fingerprint density at radius 3 is 2.62 bits per heavy atom. The van der Waals surface area contributed by atoms with Crippen molar-refractivity contribution in [3.63, 3.8) is 0 Å². The Morgan fingerprint density at radius 2 is 1.88 bits per heavy atom. The van der Waals surface area contributed by atoms with Crippen LogP contribution < -0.4 is 4.90 Å². The molecule has 0 saturated carbocycles. The van der Waals surface area contributed by atoms with Crippen LogP contribution in [0.3, 0.4) is 0 Å². The highest BCUT2D eigenvalue weighted by molar-refractivity contribution is 5.95. The lowest BCUT2D eigenvalue weighted by atomic mass is 9.92. The molecule has 0 bridgehead atoms. The number of nitro groups is 1. The molecular formula is C18H22N4O2. The zero-order valence-corrected chi connectivity index (χ0v) is 14.0. The van der Waals surface area contributed by atoms with Gasteiger partial charge >= 0.3 is 0 Å². The van der Waals surface area contributed by atoms with Gasteiger partial charge in [-0.2, -0.15) is 0 Å². The number of piperazine rings is 1. The van der Waals surface area contributed by atoms with Crippen molar-refractivity contribution in [1.29, 1.82) is 0 Å². The molecule has 1 aliphatic carbocycles. The molecule has 0 radical (unpaired) electrons. The quantitative estimate of drug-likeness (QED) is 0.627. The summed E-state index contributed by atoms with van der Waals surface area (Å²) < 4.78 is 0. The van der Waals surface area contributed by atoms with Gasteiger partial charge in [0, 0.05) is 49.4 Å². The molecule has 2 heterocycles. The predicted octanol–water partition coefficient (Wildman–Crippen LogP) is 2.77. The summed E-state index contributed by atoms with van der Waals surface area (Å²) in [4.78, 5) is 20.5. The van der Waals surface area contributed by atoms with E-state index >= 15 is 0 Å². The van der Waals surface area contributed by atoms with Crippen molar-refractivity contribution in [2.45, 2.75) is 25.7 Å². The van der Waals surface area contributed by atoms with E-state index in [0.717, 1.165) is 49.9 Å². The summed E-state index contributed by atoms with van der Waals surface area (Å²) in [6.07, 6.45) is 4.40. The number of rotatable bonds is 2. The van der Waals surface area contributed by atoms with Crippen LogP contribution in [0.5, 0.6) is 0 Å². The fraction of sp³-hybridized carbons (Fsp3) is 0.500. The molecule has 24 heavy (non-hydrogen) atoms. The van der Waals surface area contributed by atoms with Gasteiger partial charge in [-0.25, -0.2) is 0 Å². The number of non-ortho nitro benzene ring substituents is 1. The van der Waals surface area contributed by atoms with Crippen molar-refractivity contribution in [2.24, 2.45) is 0 Å². The molecule has 126 valence electrons. The second-order valence-corrected chi connectivity index (χ2v) is 6.84. The number of aryl methyl sites for hydroxylation is 1. The zero-order valence-electron chi connectivity index (χ0n) is 14.0. The average Bonchev–Trinajstić information content (AvgIpc) is 2.60. The summed E-state index contributed by atoms with van der Waals surface area (Å²) in [5.74, 6) is 0. The molecule has 4 rings (SSSR count). The van der Waals surface area contributed by atoms with Crippen LogP contribution in [0.25, 0.3) is 10.9 Å². The van der Waals surface area contributed by atoms with Gasteiger partial charge in [0.2, 0.25) is 0 Å². The number of anilines is 1. The van der Waals surface area contributed by atoms with Crippen LogP contribution in [0.15, 0.2) is 18.2 Å². The van der Waals surface area contributed by atoms with Crippen LogP contribution >= 0.6 is 0 Å². The van der Waals surface area contributed by atoms with Gasteiger partial charge in [-0.1, -0.05) is 0 Å². The van der Waals surface area contributed by atoms with Gasteiger partial charge in [0.1, 0.15) is 0 Å². The lowest BCUT2D eigenvalue weighted by Crippen LogP contribution is -2.45. The van der Waals surface area contributed by atoms with Crippen LogP contribution in [0.2, 0.25) is 0 Å². The van der Waals surface area contributed by atoms with Gasteiger partial charge < -0.3 is 9.80 Å². The monoisotopic (exact) mass is 326 g/mol. The second kappa shape index (κ2) is 6.02. The minimum Gasteiger partial charge on any atom is -0.368 e. The summed E-state index contributed by atoms with van der Waals surface area (Å²) >= 11 is 0. The van der Waals surface area contributed by atoms with E-state index in [-0.39, 0.29) is 10.6 Å². The van der Waals surface area contributed by atoms with Crippen LogP contribution in [0.1, 0.15) is 24.1 Å². The SMILES string of the molecule is CN1CCN(c2c3c(nc4ccc([N+](=O)[O-])cc24)CCCC3)CC1. The van der Waals surface area contributed by atoms with Gasteiger partial charge in [-0.05, 0) is 44.4 Å². The van der Waals surface area contributed by atoms with Crippen LogP contribution in [-0.2, 0) is 12.8 Å². The van der Waals surface area contributed by atoms with Crippen LogP contribution in [0, 0.1) is 10.1 Å². The summed E-state index contributed by atoms with van der Waals surface area (Å²) in [6.45, 7) is 3.97. The van der Waals surface area contributed by atoms with Gasteiger partial charge in [0.15, 0.2) is 0 Å². The molecule has 1 aromatic heterocycles. The maximum Gasteiger partial charge on any atom is 0.270 e. The zero-order chi connectivity index (χ0) is 16.7. The normalized spacial score (nSPS) is 18.6. The van der Waals surface area contributed by atoms with Crippen molar-refractivity contribution in [2.75, 3.05) is 38.1 Å². The number of nitro benzene ring substituents is 1. The summed E-state index contributed by atoms with van der Waals surface area (Å²) in [6, 6.07) is 5.09. The first-order valence-corrected chi connectivity index (χ1v) is 8.67. The Bertz CT molecular complexity index is 797. The average molecular weight is 326 g/mol. The molecule has 0 unspecified atom stereocenters. The van der Waals surface area contributed by atoms with Gasteiger partial charge in [-0.3, -0.25) is 15.1 Å². The van der Waals surface area contributed by atoms with E-state index in [1.807, 2.05) is 6.07 Å². The molecular weight excluding hydrogens is 304 g/mol. The van der Waals surface area contributed by atoms with E-state index in [2.05, 4.69) is 16.8 Å². The molecule has 0 atom stereocenters. The van der Waals surface area contributed by atoms with Crippen molar-refractivity contribution in [3.8, 4) is 0 Å². The van der Waals surface area contributed by atoms with Gasteiger partial charge in [-0.15, -0.1) is 0 Å². The number of aromatic nitrogens is 1. The Labute approximate surface area is 141 Å². The highest BCUT2D eigenvalue weighted by Gasteiger charge is 2.25.